The van der Waals surface area contributed by atoms with Crippen molar-refractivity contribution in [3.8, 4) is 11.4 Å². The number of nitrogens with zero attached hydrogens (tertiary/aromatic N) is 3. The quantitative estimate of drug-likeness (QED) is 0.817. The second kappa shape index (κ2) is 7.59. The summed E-state index contributed by atoms with van der Waals surface area (Å²) in [5, 5.41) is 9.24. The Labute approximate surface area is 125 Å². The molecule has 0 saturated heterocycles. The molecule has 2 rings (SSSR count). The molecule has 0 fully saturated rings. The number of nitrogens with two attached hydrogens (primary N) is 1. The Balaban J connectivity index is 2.32. The molecule has 1 aromatic carbocycles. The van der Waals surface area contributed by atoms with Crippen LogP contribution in [0.4, 0.5) is 11.6 Å². The van der Waals surface area contributed by atoms with E-state index in [0.717, 1.165) is 30.8 Å². The fraction of sp³-hybridized carbons (Fsp3) is 0.375. The van der Waals surface area contributed by atoms with Crippen LogP contribution in [0.1, 0.15) is 19.8 Å². The van der Waals surface area contributed by atoms with E-state index in [9.17, 15) is 5.11 Å². The zero-order chi connectivity index (χ0) is 15.1. The number of hydrogen-bond donors (Lipinski definition) is 2. The van der Waals surface area contributed by atoms with Crippen molar-refractivity contribution < 1.29 is 5.11 Å². The lowest BCUT2D eigenvalue weighted by atomic mass is 10.2. The summed E-state index contributed by atoms with van der Waals surface area (Å²) in [4.78, 5) is 11.0. The van der Waals surface area contributed by atoms with Gasteiger partial charge in [-0.25, -0.2) is 9.97 Å². The molecule has 0 atom stereocenters. The third-order valence-electron chi connectivity index (χ3n) is 3.24. The summed E-state index contributed by atoms with van der Waals surface area (Å²) in [5.41, 5.74) is 6.85. The van der Waals surface area contributed by atoms with Gasteiger partial charge >= 0.3 is 0 Å². The summed E-state index contributed by atoms with van der Waals surface area (Å²) in [5.74, 6) is 1.83. The van der Waals surface area contributed by atoms with Crippen molar-refractivity contribution >= 4 is 11.6 Å². The van der Waals surface area contributed by atoms with E-state index in [0.29, 0.717) is 18.2 Å². The Morgan fingerprint density at radius 3 is 2.57 bits per heavy atom. The lowest BCUT2D eigenvalue weighted by Crippen LogP contribution is -2.29. The van der Waals surface area contributed by atoms with E-state index >= 15 is 0 Å². The predicted molar refractivity (Wildman–Crippen MR) is 86.1 cm³/mol. The van der Waals surface area contributed by atoms with Gasteiger partial charge in [0.25, 0.3) is 0 Å². The molecule has 1 aromatic heterocycles. The monoisotopic (exact) mass is 286 g/mol. The summed E-state index contributed by atoms with van der Waals surface area (Å²) >= 11 is 0. The van der Waals surface area contributed by atoms with Gasteiger partial charge in [-0.15, -0.1) is 0 Å². The van der Waals surface area contributed by atoms with Crippen molar-refractivity contribution in [3.05, 3.63) is 36.4 Å². The van der Waals surface area contributed by atoms with Gasteiger partial charge in [0, 0.05) is 24.7 Å². The number of rotatable bonds is 7. The van der Waals surface area contributed by atoms with Crippen LogP contribution >= 0.6 is 0 Å². The summed E-state index contributed by atoms with van der Waals surface area (Å²) in [7, 11) is 0. The number of anilines is 2. The Hall–Kier alpha value is -2.14. The van der Waals surface area contributed by atoms with Crippen molar-refractivity contribution in [2.24, 2.45) is 0 Å². The normalized spacial score (nSPS) is 10.6. The maximum atomic E-state index is 9.24. The van der Waals surface area contributed by atoms with E-state index < -0.39 is 0 Å². The number of nitrogen functional groups attached to an aromatic ring is 1. The van der Waals surface area contributed by atoms with E-state index in [-0.39, 0.29) is 6.61 Å². The maximum Gasteiger partial charge on any atom is 0.163 e. The number of aromatic nitrogens is 2. The molecule has 0 aliphatic rings. The van der Waals surface area contributed by atoms with Crippen LogP contribution in [-0.4, -0.2) is 34.8 Å². The Bertz CT molecular complexity index is 559. The van der Waals surface area contributed by atoms with Gasteiger partial charge in [0.05, 0.1) is 6.61 Å². The third-order valence-corrected chi connectivity index (χ3v) is 3.24. The summed E-state index contributed by atoms with van der Waals surface area (Å²) in [6, 6.07) is 11.5. The highest BCUT2D eigenvalue weighted by Gasteiger charge is 2.11. The van der Waals surface area contributed by atoms with Gasteiger partial charge in [-0.1, -0.05) is 43.7 Å². The molecule has 5 nitrogen and oxygen atoms in total. The lowest BCUT2D eigenvalue weighted by Gasteiger charge is -2.23. The van der Waals surface area contributed by atoms with E-state index in [4.69, 9.17) is 5.73 Å². The summed E-state index contributed by atoms with van der Waals surface area (Å²) in [6.07, 6.45) is 2.14. The standard InChI is InChI=1S/C16H22N4O/c1-2-3-9-20(10-11-21)15-12-14(17)18-16(19-15)13-7-5-4-6-8-13/h4-8,12,21H,2-3,9-11H2,1H3,(H2,17,18,19). The molecule has 0 bridgehead atoms. The van der Waals surface area contributed by atoms with E-state index in [1.807, 2.05) is 35.2 Å². The Morgan fingerprint density at radius 2 is 1.90 bits per heavy atom. The van der Waals surface area contributed by atoms with Crippen LogP contribution in [0, 0.1) is 0 Å². The van der Waals surface area contributed by atoms with Gasteiger partial charge in [-0.05, 0) is 6.42 Å². The zero-order valence-corrected chi connectivity index (χ0v) is 12.4. The topological polar surface area (TPSA) is 75.3 Å². The minimum atomic E-state index is 0.0916. The first-order valence-corrected chi connectivity index (χ1v) is 7.30. The van der Waals surface area contributed by atoms with Gasteiger partial charge in [-0.3, -0.25) is 0 Å². The van der Waals surface area contributed by atoms with Crippen LogP contribution in [0.25, 0.3) is 11.4 Å². The number of aliphatic hydroxyl groups excluding tert-OH is 1. The molecule has 5 heteroatoms. The van der Waals surface area contributed by atoms with E-state index in [1.165, 1.54) is 0 Å². The summed E-state index contributed by atoms with van der Waals surface area (Å²) in [6.45, 7) is 3.63. The first-order chi connectivity index (χ1) is 10.2. The molecular weight excluding hydrogens is 264 g/mol. The highest BCUT2D eigenvalue weighted by Crippen LogP contribution is 2.21. The van der Waals surface area contributed by atoms with Crippen LogP contribution in [0.3, 0.4) is 0 Å². The van der Waals surface area contributed by atoms with Crippen LogP contribution < -0.4 is 10.6 Å². The predicted octanol–water partition coefficient (Wildman–Crippen LogP) is 2.32. The molecule has 2 aromatic rings. The summed E-state index contributed by atoms with van der Waals surface area (Å²) < 4.78 is 0. The number of hydrogen-bond acceptors (Lipinski definition) is 5. The van der Waals surface area contributed by atoms with Gasteiger partial charge in [0.15, 0.2) is 5.82 Å². The lowest BCUT2D eigenvalue weighted by molar-refractivity contribution is 0.301. The highest BCUT2D eigenvalue weighted by atomic mass is 16.3. The first-order valence-electron chi connectivity index (χ1n) is 7.30. The fourth-order valence-electron chi connectivity index (χ4n) is 2.14. The minimum absolute atomic E-state index is 0.0916. The molecular formula is C16H22N4O. The van der Waals surface area contributed by atoms with Gasteiger partial charge in [-0.2, -0.15) is 0 Å². The van der Waals surface area contributed by atoms with E-state index in [2.05, 4.69) is 16.9 Å². The number of aliphatic hydroxyl groups is 1. The molecule has 3 N–H and O–H groups in total. The molecule has 112 valence electrons. The van der Waals surface area contributed by atoms with E-state index in [1.54, 1.807) is 6.07 Å². The molecule has 0 spiro atoms. The molecule has 0 unspecified atom stereocenters. The SMILES string of the molecule is CCCCN(CCO)c1cc(N)nc(-c2ccccc2)n1. The first kappa shape index (κ1) is 15.3. The largest absolute Gasteiger partial charge is 0.395 e. The van der Waals surface area contributed by atoms with Crippen molar-refractivity contribution in [2.45, 2.75) is 19.8 Å². The maximum absolute atomic E-state index is 9.24. The van der Waals surface area contributed by atoms with Crippen molar-refractivity contribution in [1.29, 1.82) is 0 Å². The Morgan fingerprint density at radius 1 is 1.14 bits per heavy atom. The van der Waals surface area contributed by atoms with Crippen LogP contribution in [0.5, 0.6) is 0 Å². The molecule has 0 aliphatic heterocycles. The average molecular weight is 286 g/mol. The molecule has 0 saturated carbocycles. The molecule has 21 heavy (non-hydrogen) atoms. The molecule has 1 heterocycles. The third kappa shape index (κ3) is 4.16. The smallest absolute Gasteiger partial charge is 0.163 e. The van der Waals surface area contributed by atoms with Crippen molar-refractivity contribution in [2.75, 3.05) is 30.3 Å². The van der Waals surface area contributed by atoms with Gasteiger partial charge in [0.2, 0.25) is 0 Å². The molecule has 0 radical (unpaired) electrons. The van der Waals surface area contributed by atoms with Crippen LogP contribution in [0.15, 0.2) is 36.4 Å². The van der Waals surface area contributed by atoms with Crippen LogP contribution in [-0.2, 0) is 0 Å². The zero-order valence-electron chi connectivity index (χ0n) is 12.4. The second-order valence-corrected chi connectivity index (χ2v) is 4.90. The number of unbranched alkanes of at least 4 members (excludes halogenated alkanes) is 1. The van der Waals surface area contributed by atoms with Crippen LogP contribution in [0.2, 0.25) is 0 Å². The number of benzene rings is 1. The van der Waals surface area contributed by atoms with Gasteiger partial charge < -0.3 is 15.7 Å². The Kier molecular flexibility index (Phi) is 5.51. The van der Waals surface area contributed by atoms with Crippen molar-refractivity contribution in [3.63, 3.8) is 0 Å². The molecule has 0 amide bonds. The van der Waals surface area contributed by atoms with Gasteiger partial charge in [0.1, 0.15) is 11.6 Å². The fourth-order valence-corrected chi connectivity index (χ4v) is 2.14. The molecule has 0 aliphatic carbocycles. The van der Waals surface area contributed by atoms with Crippen molar-refractivity contribution in [1.82, 2.24) is 9.97 Å². The second-order valence-electron chi connectivity index (χ2n) is 4.90. The average Bonchev–Trinajstić information content (AvgIpc) is 2.51. The highest BCUT2D eigenvalue weighted by molar-refractivity contribution is 5.60. The minimum Gasteiger partial charge on any atom is -0.395 e.